The SMILES string of the molecule is Cc1cc(Br)cc(NC(CN)c2cc(Br)c(C)s2)c1. The molecule has 3 N–H and O–H groups in total. The Morgan fingerprint density at radius 3 is 2.47 bits per heavy atom. The van der Waals surface area contributed by atoms with E-state index in [0.717, 1.165) is 14.6 Å². The number of hydrogen-bond donors (Lipinski definition) is 2. The van der Waals surface area contributed by atoms with E-state index in [1.807, 2.05) is 0 Å². The maximum absolute atomic E-state index is 5.91. The molecule has 0 aliphatic heterocycles. The summed E-state index contributed by atoms with van der Waals surface area (Å²) in [6.45, 7) is 4.76. The van der Waals surface area contributed by atoms with Crippen LogP contribution < -0.4 is 11.1 Å². The van der Waals surface area contributed by atoms with E-state index in [9.17, 15) is 0 Å². The third-order valence-electron chi connectivity index (χ3n) is 2.84. The number of aryl methyl sites for hydroxylation is 2. The van der Waals surface area contributed by atoms with Gasteiger partial charge in [-0.2, -0.15) is 0 Å². The molecule has 0 aliphatic carbocycles. The predicted octanol–water partition coefficient (Wildman–Crippen LogP) is 5.00. The van der Waals surface area contributed by atoms with E-state index in [4.69, 9.17) is 5.73 Å². The summed E-state index contributed by atoms with van der Waals surface area (Å²) in [5.74, 6) is 0. The quantitative estimate of drug-likeness (QED) is 0.753. The summed E-state index contributed by atoms with van der Waals surface area (Å²) >= 11 is 8.85. The standard InChI is InChI=1S/C14H16Br2N2S/c1-8-3-10(15)5-11(4-8)18-13(7-17)14-6-12(16)9(2)19-14/h3-6,13,18H,7,17H2,1-2H3. The fraction of sp³-hybridized carbons (Fsp3) is 0.286. The highest BCUT2D eigenvalue weighted by Crippen LogP contribution is 2.32. The summed E-state index contributed by atoms with van der Waals surface area (Å²) in [6, 6.07) is 8.58. The molecule has 1 aromatic carbocycles. The third-order valence-corrected chi connectivity index (χ3v) is 5.55. The van der Waals surface area contributed by atoms with Crippen LogP contribution in [-0.2, 0) is 0 Å². The van der Waals surface area contributed by atoms with Crippen LogP contribution in [-0.4, -0.2) is 6.54 Å². The molecule has 5 heteroatoms. The molecule has 0 spiro atoms. The van der Waals surface area contributed by atoms with Crippen LogP contribution in [0, 0.1) is 13.8 Å². The molecular weight excluding hydrogens is 388 g/mol. The average molecular weight is 404 g/mol. The third kappa shape index (κ3) is 3.81. The first-order valence-corrected chi connectivity index (χ1v) is 8.39. The maximum Gasteiger partial charge on any atom is 0.0729 e. The van der Waals surface area contributed by atoms with Gasteiger partial charge in [-0.15, -0.1) is 11.3 Å². The monoisotopic (exact) mass is 402 g/mol. The van der Waals surface area contributed by atoms with E-state index in [-0.39, 0.29) is 6.04 Å². The Morgan fingerprint density at radius 1 is 1.21 bits per heavy atom. The van der Waals surface area contributed by atoms with Gasteiger partial charge in [0.15, 0.2) is 0 Å². The number of benzene rings is 1. The van der Waals surface area contributed by atoms with E-state index >= 15 is 0 Å². The zero-order valence-electron chi connectivity index (χ0n) is 10.8. The van der Waals surface area contributed by atoms with Gasteiger partial charge in [0.25, 0.3) is 0 Å². The first kappa shape index (κ1) is 15.0. The minimum absolute atomic E-state index is 0.142. The molecule has 0 radical (unpaired) electrons. The van der Waals surface area contributed by atoms with Crippen molar-refractivity contribution >= 4 is 48.9 Å². The van der Waals surface area contributed by atoms with Crippen molar-refractivity contribution in [2.75, 3.05) is 11.9 Å². The molecule has 1 unspecified atom stereocenters. The van der Waals surface area contributed by atoms with Crippen molar-refractivity contribution in [1.29, 1.82) is 0 Å². The summed E-state index contributed by atoms with van der Waals surface area (Å²) in [7, 11) is 0. The zero-order valence-corrected chi connectivity index (χ0v) is 14.8. The summed E-state index contributed by atoms with van der Waals surface area (Å²) in [5, 5.41) is 3.50. The topological polar surface area (TPSA) is 38.0 Å². The van der Waals surface area contributed by atoms with Crippen molar-refractivity contribution in [3.05, 3.63) is 48.5 Å². The van der Waals surface area contributed by atoms with Crippen LogP contribution >= 0.6 is 43.2 Å². The highest BCUT2D eigenvalue weighted by molar-refractivity contribution is 9.10. The number of nitrogens with one attached hydrogen (secondary N) is 1. The minimum Gasteiger partial charge on any atom is -0.376 e. The smallest absolute Gasteiger partial charge is 0.0729 e. The van der Waals surface area contributed by atoms with Crippen LogP contribution in [0.25, 0.3) is 0 Å². The molecule has 0 saturated heterocycles. The lowest BCUT2D eigenvalue weighted by molar-refractivity contribution is 0.805. The van der Waals surface area contributed by atoms with Gasteiger partial charge in [-0.25, -0.2) is 0 Å². The molecule has 1 heterocycles. The second kappa shape index (κ2) is 6.39. The van der Waals surface area contributed by atoms with E-state index in [1.165, 1.54) is 15.3 Å². The van der Waals surface area contributed by atoms with Gasteiger partial charge in [-0.05, 0) is 59.6 Å². The van der Waals surface area contributed by atoms with Crippen LogP contribution in [0.2, 0.25) is 0 Å². The van der Waals surface area contributed by atoms with Crippen LogP contribution in [0.1, 0.15) is 21.4 Å². The van der Waals surface area contributed by atoms with Gasteiger partial charge < -0.3 is 11.1 Å². The van der Waals surface area contributed by atoms with E-state index in [2.05, 4.69) is 75.3 Å². The number of anilines is 1. The van der Waals surface area contributed by atoms with Gasteiger partial charge in [0.05, 0.1) is 6.04 Å². The summed E-state index contributed by atoms with van der Waals surface area (Å²) in [5.41, 5.74) is 8.21. The minimum atomic E-state index is 0.142. The molecule has 0 aliphatic rings. The molecule has 0 fully saturated rings. The maximum atomic E-state index is 5.91. The Balaban J connectivity index is 2.23. The molecule has 2 rings (SSSR count). The predicted molar refractivity (Wildman–Crippen MR) is 91.1 cm³/mol. The Labute approximate surface area is 134 Å². The lowest BCUT2D eigenvalue weighted by atomic mass is 10.2. The van der Waals surface area contributed by atoms with Crippen molar-refractivity contribution < 1.29 is 0 Å². The Morgan fingerprint density at radius 2 is 1.95 bits per heavy atom. The number of hydrogen-bond acceptors (Lipinski definition) is 3. The average Bonchev–Trinajstić information content (AvgIpc) is 2.65. The molecule has 1 atom stereocenters. The number of rotatable bonds is 4. The fourth-order valence-electron chi connectivity index (χ4n) is 1.92. The Bertz CT molecular complexity index is 541. The van der Waals surface area contributed by atoms with Crippen molar-refractivity contribution in [2.24, 2.45) is 5.73 Å². The number of halogens is 2. The molecule has 102 valence electrons. The van der Waals surface area contributed by atoms with Crippen LogP contribution in [0.15, 0.2) is 33.2 Å². The molecule has 0 saturated carbocycles. The van der Waals surface area contributed by atoms with Crippen molar-refractivity contribution in [3.63, 3.8) is 0 Å². The van der Waals surface area contributed by atoms with Gasteiger partial charge in [0, 0.05) is 30.9 Å². The molecule has 2 aromatic rings. The van der Waals surface area contributed by atoms with Gasteiger partial charge >= 0.3 is 0 Å². The second-order valence-electron chi connectivity index (χ2n) is 4.50. The lowest BCUT2D eigenvalue weighted by Gasteiger charge is -2.17. The fourth-order valence-corrected chi connectivity index (χ4v) is 4.15. The highest BCUT2D eigenvalue weighted by Gasteiger charge is 2.14. The number of thiophene rings is 1. The van der Waals surface area contributed by atoms with E-state index in [1.54, 1.807) is 11.3 Å². The first-order valence-electron chi connectivity index (χ1n) is 5.99. The Kier molecular flexibility index (Phi) is 5.06. The summed E-state index contributed by atoms with van der Waals surface area (Å²) < 4.78 is 2.23. The first-order chi connectivity index (χ1) is 8.99. The van der Waals surface area contributed by atoms with Gasteiger partial charge in [0.2, 0.25) is 0 Å². The van der Waals surface area contributed by atoms with Gasteiger partial charge in [0.1, 0.15) is 0 Å². The second-order valence-corrected chi connectivity index (χ2v) is 7.56. The van der Waals surface area contributed by atoms with Crippen molar-refractivity contribution in [2.45, 2.75) is 19.9 Å². The summed E-state index contributed by atoms with van der Waals surface area (Å²) in [4.78, 5) is 2.53. The molecule has 0 bridgehead atoms. The number of nitrogens with two attached hydrogens (primary N) is 1. The summed E-state index contributed by atoms with van der Waals surface area (Å²) in [6.07, 6.45) is 0. The molecular formula is C14H16Br2N2S. The molecule has 0 amide bonds. The van der Waals surface area contributed by atoms with Crippen molar-refractivity contribution in [1.82, 2.24) is 0 Å². The van der Waals surface area contributed by atoms with E-state index in [0.29, 0.717) is 6.54 Å². The molecule has 19 heavy (non-hydrogen) atoms. The van der Waals surface area contributed by atoms with Crippen LogP contribution in [0.5, 0.6) is 0 Å². The highest BCUT2D eigenvalue weighted by atomic mass is 79.9. The Hall–Kier alpha value is -0.360. The molecule has 1 aromatic heterocycles. The van der Waals surface area contributed by atoms with Crippen molar-refractivity contribution in [3.8, 4) is 0 Å². The largest absolute Gasteiger partial charge is 0.376 e. The zero-order chi connectivity index (χ0) is 14.0. The van der Waals surface area contributed by atoms with E-state index < -0.39 is 0 Å². The van der Waals surface area contributed by atoms with Gasteiger partial charge in [-0.1, -0.05) is 15.9 Å². The molecule has 2 nitrogen and oxygen atoms in total. The van der Waals surface area contributed by atoms with Crippen LogP contribution in [0.3, 0.4) is 0 Å². The van der Waals surface area contributed by atoms with Crippen LogP contribution in [0.4, 0.5) is 5.69 Å². The lowest BCUT2D eigenvalue weighted by Crippen LogP contribution is -2.19. The normalized spacial score (nSPS) is 12.5. The van der Waals surface area contributed by atoms with Gasteiger partial charge in [-0.3, -0.25) is 0 Å².